The molecule has 1 saturated carbocycles. The lowest BCUT2D eigenvalue weighted by Crippen LogP contribution is -2.61. The number of fused-ring (bicyclic) bond motifs is 1. The molecule has 32 heavy (non-hydrogen) atoms. The molecule has 1 saturated heterocycles. The van der Waals surface area contributed by atoms with E-state index in [4.69, 9.17) is 16.2 Å². The van der Waals surface area contributed by atoms with Gasteiger partial charge in [-0.05, 0) is 42.3 Å². The van der Waals surface area contributed by atoms with Crippen LogP contribution in [0.15, 0.2) is 30.5 Å². The van der Waals surface area contributed by atoms with Gasteiger partial charge in [0, 0.05) is 30.6 Å². The van der Waals surface area contributed by atoms with Gasteiger partial charge in [0.1, 0.15) is 11.9 Å². The summed E-state index contributed by atoms with van der Waals surface area (Å²) < 4.78 is 5.22. The van der Waals surface area contributed by atoms with Crippen molar-refractivity contribution in [2.24, 2.45) is 11.7 Å². The van der Waals surface area contributed by atoms with Crippen molar-refractivity contribution in [3.8, 4) is 0 Å². The minimum atomic E-state index is -0.956. The lowest BCUT2D eigenvalue weighted by molar-refractivity contribution is -0.157. The molecule has 2 aliphatic rings. The van der Waals surface area contributed by atoms with Crippen LogP contribution in [0, 0.1) is 5.92 Å². The molecule has 0 bridgehead atoms. The Kier molecular flexibility index (Phi) is 6.43. The molecular formula is C23H29N5O4. The van der Waals surface area contributed by atoms with E-state index in [1.165, 1.54) is 4.90 Å². The average Bonchev–Trinajstić information content (AvgIpc) is 2.76. The Morgan fingerprint density at radius 2 is 1.94 bits per heavy atom. The Balaban J connectivity index is 1.38. The molecule has 2 heterocycles. The van der Waals surface area contributed by atoms with Gasteiger partial charge in [-0.3, -0.25) is 9.59 Å². The second-order valence-corrected chi connectivity index (χ2v) is 8.56. The summed E-state index contributed by atoms with van der Waals surface area (Å²) in [5.41, 5.74) is 12.0. The SMILES string of the molecule is NC(=O)O[C@@H](C(=O)N1CCC1C(=O)NCc1ccc2c(N)nccc2c1)C1CCCCC1. The largest absolute Gasteiger partial charge is 0.436 e. The Hall–Kier alpha value is -3.36. The third-order valence-electron chi connectivity index (χ3n) is 6.50. The fourth-order valence-electron chi connectivity index (χ4n) is 4.67. The molecule has 0 spiro atoms. The van der Waals surface area contributed by atoms with Crippen molar-refractivity contribution < 1.29 is 19.1 Å². The first kappa shape index (κ1) is 21.9. The summed E-state index contributed by atoms with van der Waals surface area (Å²) in [4.78, 5) is 42.9. The number of nitrogens with zero attached hydrogens (tertiary/aromatic N) is 2. The standard InChI is InChI=1S/C23H29N5O4/c24-20-17-7-6-14(12-16(17)8-10-26-20)13-27-21(29)18-9-11-28(18)22(30)19(32-23(25)31)15-4-2-1-3-5-15/h6-8,10,12,15,18-19H,1-5,9,11,13H2,(H2,24,26)(H2,25,31)(H,27,29)/t18?,19-/m1/s1. The van der Waals surface area contributed by atoms with Gasteiger partial charge >= 0.3 is 6.09 Å². The number of carbonyl (C=O) groups excluding carboxylic acids is 3. The van der Waals surface area contributed by atoms with E-state index in [0.29, 0.717) is 25.3 Å². The number of amides is 3. The van der Waals surface area contributed by atoms with E-state index >= 15 is 0 Å². The van der Waals surface area contributed by atoms with Crippen molar-refractivity contribution in [2.45, 2.75) is 57.2 Å². The summed E-state index contributed by atoms with van der Waals surface area (Å²) in [6.45, 7) is 0.796. The van der Waals surface area contributed by atoms with Crippen LogP contribution < -0.4 is 16.8 Å². The molecule has 1 aromatic carbocycles. The van der Waals surface area contributed by atoms with E-state index in [9.17, 15) is 14.4 Å². The van der Waals surface area contributed by atoms with Gasteiger partial charge in [-0.25, -0.2) is 9.78 Å². The molecule has 1 aliphatic heterocycles. The zero-order chi connectivity index (χ0) is 22.7. The zero-order valence-corrected chi connectivity index (χ0v) is 18.0. The minimum absolute atomic E-state index is 0.0485. The molecule has 2 atom stereocenters. The Morgan fingerprint density at radius 1 is 1.16 bits per heavy atom. The van der Waals surface area contributed by atoms with Gasteiger partial charge in [0.2, 0.25) is 5.91 Å². The Labute approximate surface area is 186 Å². The van der Waals surface area contributed by atoms with Crippen LogP contribution in [0.2, 0.25) is 0 Å². The van der Waals surface area contributed by atoms with Crippen LogP contribution in [-0.4, -0.2) is 46.5 Å². The fourth-order valence-corrected chi connectivity index (χ4v) is 4.67. The van der Waals surface area contributed by atoms with E-state index in [0.717, 1.165) is 48.4 Å². The van der Waals surface area contributed by atoms with Crippen LogP contribution in [0.4, 0.5) is 10.6 Å². The summed E-state index contributed by atoms with van der Waals surface area (Å²) in [5, 5.41) is 4.72. The third-order valence-corrected chi connectivity index (χ3v) is 6.50. The average molecular weight is 440 g/mol. The van der Waals surface area contributed by atoms with Gasteiger partial charge in [0.25, 0.3) is 5.91 Å². The highest BCUT2D eigenvalue weighted by molar-refractivity contribution is 5.93. The van der Waals surface area contributed by atoms with Crippen molar-refractivity contribution in [1.29, 1.82) is 0 Å². The predicted octanol–water partition coefficient (Wildman–Crippen LogP) is 2.08. The zero-order valence-electron chi connectivity index (χ0n) is 18.0. The van der Waals surface area contributed by atoms with Crippen molar-refractivity contribution >= 4 is 34.5 Å². The molecule has 1 aliphatic carbocycles. The number of hydrogen-bond acceptors (Lipinski definition) is 6. The molecule has 9 heteroatoms. The molecule has 2 aromatic rings. The number of likely N-dealkylation sites (tertiary alicyclic amines) is 1. The van der Waals surface area contributed by atoms with Gasteiger partial charge in [-0.1, -0.05) is 31.4 Å². The first-order chi connectivity index (χ1) is 15.4. The monoisotopic (exact) mass is 439 g/mol. The number of ether oxygens (including phenoxy) is 1. The van der Waals surface area contributed by atoms with Crippen LogP contribution in [0.5, 0.6) is 0 Å². The molecule has 4 rings (SSSR count). The fraction of sp³-hybridized carbons (Fsp3) is 0.478. The van der Waals surface area contributed by atoms with Crippen LogP contribution in [-0.2, 0) is 20.9 Å². The summed E-state index contributed by atoms with van der Waals surface area (Å²) in [5.74, 6) is -0.129. The molecule has 1 aromatic heterocycles. The lowest BCUT2D eigenvalue weighted by Gasteiger charge is -2.42. The molecule has 1 unspecified atom stereocenters. The van der Waals surface area contributed by atoms with Crippen molar-refractivity contribution in [3.05, 3.63) is 36.0 Å². The number of benzene rings is 1. The summed E-state index contributed by atoms with van der Waals surface area (Å²) in [7, 11) is 0. The number of carbonyl (C=O) groups is 3. The minimum Gasteiger partial charge on any atom is -0.436 e. The number of anilines is 1. The molecule has 170 valence electrons. The smallest absolute Gasteiger partial charge is 0.405 e. The Morgan fingerprint density at radius 3 is 2.62 bits per heavy atom. The number of aromatic nitrogens is 1. The highest BCUT2D eigenvalue weighted by Gasteiger charge is 2.43. The lowest BCUT2D eigenvalue weighted by atomic mass is 9.84. The van der Waals surface area contributed by atoms with Crippen LogP contribution >= 0.6 is 0 Å². The van der Waals surface area contributed by atoms with E-state index in [-0.39, 0.29) is 17.7 Å². The van der Waals surface area contributed by atoms with Gasteiger partial charge in [0.15, 0.2) is 6.10 Å². The number of primary amides is 1. The second kappa shape index (κ2) is 9.42. The van der Waals surface area contributed by atoms with Gasteiger partial charge in [-0.15, -0.1) is 0 Å². The summed E-state index contributed by atoms with van der Waals surface area (Å²) in [6, 6.07) is 7.04. The molecule has 2 fully saturated rings. The van der Waals surface area contributed by atoms with E-state index in [1.807, 2.05) is 24.3 Å². The van der Waals surface area contributed by atoms with Crippen LogP contribution in [0.25, 0.3) is 10.8 Å². The first-order valence-electron chi connectivity index (χ1n) is 11.1. The maximum atomic E-state index is 13.1. The van der Waals surface area contributed by atoms with Crippen LogP contribution in [0.1, 0.15) is 44.1 Å². The van der Waals surface area contributed by atoms with Crippen molar-refractivity contribution in [2.75, 3.05) is 12.3 Å². The number of nitrogen functional groups attached to an aromatic ring is 1. The topological polar surface area (TPSA) is 141 Å². The Bertz CT molecular complexity index is 1020. The first-order valence-corrected chi connectivity index (χ1v) is 11.1. The number of rotatable bonds is 6. The van der Waals surface area contributed by atoms with E-state index in [1.54, 1.807) is 6.20 Å². The maximum absolute atomic E-state index is 13.1. The van der Waals surface area contributed by atoms with Crippen LogP contribution in [0.3, 0.4) is 0 Å². The molecule has 5 N–H and O–H groups in total. The van der Waals surface area contributed by atoms with E-state index in [2.05, 4.69) is 10.3 Å². The number of nitrogens with one attached hydrogen (secondary N) is 1. The number of pyridine rings is 1. The quantitative estimate of drug-likeness (QED) is 0.629. The molecule has 3 amide bonds. The van der Waals surface area contributed by atoms with Gasteiger partial charge < -0.3 is 26.4 Å². The number of nitrogens with two attached hydrogens (primary N) is 2. The maximum Gasteiger partial charge on any atom is 0.405 e. The van der Waals surface area contributed by atoms with Gasteiger partial charge in [0.05, 0.1) is 0 Å². The molecule has 9 nitrogen and oxygen atoms in total. The molecule has 0 radical (unpaired) electrons. The number of hydrogen-bond donors (Lipinski definition) is 3. The predicted molar refractivity (Wildman–Crippen MR) is 119 cm³/mol. The van der Waals surface area contributed by atoms with E-state index < -0.39 is 18.2 Å². The normalized spacial score (nSPS) is 19.8. The van der Waals surface area contributed by atoms with Gasteiger partial charge in [-0.2, -0.15) is 0 Å². The molecular weight excluding hydrogens is 410 g/mol. The third kappa shape index (κ3) is 4.61. The summed E-state index contributed by atoms with van der Waals surface area (Å²) >= 11 is 0. The van der Waals surface area contributed by atoms with Crippen molar-refractivity contribution in [3.63, 3.8) is 0 Å². The second-order valence-electron chi connectivity index (χ2n) is 8.56. The highest BCUT2D eigenvalue weighted by Crippen LogP contribution is 2.31. The van der Waals surface area contributed by atoms with Crippen molar-refractivity contribution in [1.82, 2.24) is 15.2 Å². The summed E-state index contributed by atoms with van der Waals surface area (Å²) in [6.07, 6.45) is 5.08. The highest BCUT2D eigenvalue weighted by atomic mass is 16.6.